The van der Waals surface area contributed by atoms with Crippen LogP contribution < -0.4 is 10.6 Å². The first-order valence-electron chi connectivity index (χ1n) is 6.85. The monoisotopic (exact) mass is 302 g/mol. The number of nitrogens with zero attached hydrogens (tertiary/aromatic N) is 2. The Morgan fingerprint density at radius 3 is 2.59 bits per heavy atom. The summed E-state index contributed by atoms with van der Waals surface area (Å²) in [4.78, 5) is 23.7. The van der Waals surface area contributed by atoms with Gasteiger partial charge in [0.05, 0.1) is 18.5 Å². The van der Waals surface area contributed by atoms with Gasteiger partial charge in [0, 0.05) is 25.5 Å². The van der Waals surface area contributed by atoms with Crippen molar-refractivity contribution >= 4 is 23.2 Å². The molecular weight excluding hydrogens is 284 g/mol. The van der Waals surface area contributed by atoms with Gasteiger partial charge in [0.2, 0.25) is 0 Å². The molecule has 116 valence electrons. The van der Waals surface area contributed by atoms with Gasteiger partial charge in [-0.15, -0.1) is 0 Å². The van der Waals surface area contributed by atoms with Crippen molar-refractivity contribution < 1.29 is 14.3 Å². The van der Waals surface area contributed by atoms with Crippen LogP contribution in [0.15, 0.2) is 36.7 Å². The fraction of sp³-hybridized carbons (Fsp3) is 0.267. The highest BCUT2D eigenvalue weighted by Crippen LogP contribution is 2.12. The number of hydrogen-bond acceptors (Lipinski definition) is 4. The van der Waals surface area contributed by atoms with E-state index in [1.54, 1.807) is 36.2 Å². The number of anilines is 2. The van der Waals surface area contributed by atoms with Crippen molar-refractivity contribution in [2.75, 3.05) is 17.7 Å². The number of amides is 2. The second-order valence-electron chi connectivity index (χ2n) is 4.63. The number of rotatable bonds is 5. The maximum atomic E-state index is 11.9. The molecule has 0 saturated carbocycles. The highest BCUT2D eigenvalue weighted by atomic mass is 16.5. The Hall–Kier alpha value is -2.67. The molecule has 0 saturated heterocycles. The first kappa shape index (κ1) is 15.7. The van der Waals surface area contributed by atoms with E-state index in [1.807, 2.05) is 13.0 Å². The van der Waals surface area contributed by atoms with Crippen LogP contribution >= 0.6 is 0 Å². The number of methoxy groups -OCH3 is 1. The lowest BCUT2D eigenvalue weighted by molar-refractivity contribution is -0.132. The standard InChI is InChI=1S/C15H18N4O3/c1-3-19-9-13(8-16-19)18-15(21)14(20)17-12-6-4-5-11(7-12)10-22-2/h4-9H,3,10H2,1-2H3,(H,17,20)(H,18,21). The van der Waals surface area contributed by atoms with E-state index in [9.17, 15) is 9.59 Å². The molecule has 0 aliphatic rings. The van der Waals surface area contributed by atoms with Crippen LogP contribution in [0.2, 0.25) is 0 Å². The summed E-state index contributed by atoms with van der Waals surface area (Å²) in [5, 5.41) is 9.06. The van der Waals surface area contributed by atoms with Crippen molar-refractivity contribution in [1.82, 2.24) is 9.78 Å². The number of hydrogen-bond donors (Lipinski definition) is 2. The van der Waals surface area contributed by atoms with Gasteiger partial charge in [-0.3, -0.25) is 14.3 Å². The minimum Gasteiger partial charge on any atom is -0.380 e. The second-order valence-corrected chi connectivity index (χ2v) is 4.63. The van der Waals surface area contributed by atoms with Crippen LogP contribution in [0.4, 0.5) is 11.4 Å². The highest BCUT2D eigenvalue weighted by Gasteiger charge is 2.15. The van der Waals surface area contributed by atoms with E-state index in [-0.39, 0.29) is 0 Å². The summed E-state index contributed by atoms with van der Waals surface area (Å²) in [6, 6.07) is 7.12. The minimum atomic E-state index is -0.743. The van der Waals surface area contributed by atoms with Crippen LogP contribution in [0.1, 0.15) is 12.5 Å². The van der Waals surface area contributed by atoms with E-state index in [4.69, 9.17) is 4.74 Å². The van der Waals surface area contributed by atoms with E-state index in [2.05, 4.69) is 15.7 Å². The summed E-state index contributed by atoms with van der Waals surface area (Å²) in [5.41, 5.74) is 1.93. The van der Waals surface area contributed by atoms with Gasteiger partial charge >= 0.3 is 11.8 Å². The maximum Gasteiger partial charge on any atom is 0.314 e. The molecule has 2 aromatic rings. The van der Waals surface area contributed by atoms with Gasteiger partial charge in [-0.05, 0) is 24.6 Å². The zero-order valence-electron chi connectivity index (χ0n) is 12.5. The third-order valence-electron chi connectivity index (χ3n) is 2.92. The summed E-state index contributed by atoms with van der Waals surface area (Å²) in [6.45, 7) is 3.05. The van der Waals surface area contributed by atoms with Crippen LogP contribution in [0.5, 0.6) is 0 Å². The Morgan fingerprint density at radius 2 is 1.95 bits per heavy atom. The van der Waals surface area contributed by atoms with E-state index in [0.717, 1.165) is 5.56 Å². The van der Waals surface area contributed by atoms with E-state index in [1.165, 1.54) is 6.20 Å². The Labute approximate surface area is 128 Å². The van der Waals surface area contributed by atoms with Crippen molar-refractivity contribution in [2.24, 2.45) is 0 Å². The van der Waals surface area contributed by atoms with E-state index in [0.29, 0.717) is 24.5 Å². The molecule has 2 amide bonds. The Balaban J connectivity index is 1.96. The second kappa shape index (κ2) is 7.37. The molecule has 7 heteroatoms. The zero-order chi connectivity index (χ0) is 15.9. The fourth-order valence-electron chi connectivity index (χ4n) is 1.88. The SMILES string of the molecule is CCn1cc(NC(=O)C(=O)Nc2cccc(COC)c2)cn1. The zero-order valence-corrected chi connectivity index (χ0v) is 12.5. The number of carbonyl (C=O) groups excluding carboxylic acids is 2. The van der Waals surface area contributed by atoms with Crippen LogP contribution in [-0.4, -0.2) is 28.7 Å². The Kier molecular flexibility index (Phi) is 5.26. The lowest BCUT2D eigenvalue weighted by Crippen LogP contribution is -2.28. The topological polar surface area (TPSA) is 85.2 Å². The van der Waals surface area contributed by atoms with Gasteiger partial charge in [-0.2, -0.15) is 5.10 Å². The van der Waals surface area contributed by atoms with Crippen LogP contribution in [-0.2, 0) is 27.5 Å². The van der Waals surface area contributed by atoms with Gasteiger partial charge < -0.3 is 15.4 Å². The highest BCUT2D eigenvalue weighted by molar-refractivity contribution is 6.43. The first-order chi connectivity index (χ1) is 10.6. The molecule has 1 aromatic carbocycles. The molecular formula is C15H18N4O3. The summed E-state index contributed by atoms with van der Waals surface area (Å²) >= 11 is 0. The molecule has 0 aliphatic heterocycles. The Morgan fingerprint density at radius 1 is 1.23 bits per heavy atom. The summed E-state index contributed by atoms with van der Waals surface area (Å²) in [5.74, 6) is -1.48. The lowest BCUT2D eigenvalue weighted by Gasteiger charge is -2.07. The number of ether oxygens (including phenoxy) is 1. The fourth-order valence-corrected chi connectivity index (χ4v) is 1.88. The molecule has 2 rings (SSSR count). The first-order valence-corrected chi connectivity index (χ1v) is 6.85. The van der Waals surface area contributed by atoms with E-state index < -0.39 is 11.8 Å². The van der Waals surface area contributed by atoms with Crippen molar-refractivity contribution in [3.63, 3.8) is 0 Å². The smallest absolute Gasteiger partial charge is 0.314 e. The summed E-state index contributed by atoms with van der Waals surface area (Å²) < 4.78 is 6.68. The third kappa shape index (κ3) is 4.16. The quantitative estimate of drug-likeness (QED) is 0.822. The van der Waals surface area contributed by atoms with Gasteiger partial charge in [0.1, 0.15) is 0 Å². The molecule has 1 heterocycles. The molecule has 2 N–H and O–H groups in total. The van der Waals surface area contributed by atoms with Crippen LogP contribution in [0.25, 0.3) is 0 Å². The summed E-state index contributed by atoms with van der Waals surface area (Å²) in [7, 11) is 1.59. The molecule has 0 fully saturated rings. The molecule has 7 nitrogen and oxygen atoms in total. The molecule has 22 heavy (non-hydrogen) atoms. The maximum absolute atomic E-state index is 11.9. The summed E-state index contributed by atoms with van der Waals surface area (Å²) in [6.07, 6.45) is 3.15. The number of aromatic nitrogens is 2. The van der Waals surface area contributed by atoms with Crippen molar-refractivity contribution in [1.29, 1.82) is 0 Å². The number of aryl methyl sites for hydroxylation is 1. The van der Waals surface area contributed by atoms with Gasteiger partial charge in [0.25, 0.3) is 0 Å². The third-order valence-corrected chi connectivity index (χ3v) is 2.92. The van der Waals surface area contributed by atoms with Crippen molar-refractivity contribution in [2.45, 2.75) is 20.1 Å². The molecule has 1 aromatic heterocycles. The number of nitrogens with one attached hydrogen (secondary N) is 2. The van der Waals surface area contributed by atoms with Crippen LogP contribution in [0, 0.1) is 0 Å². The minimum absolute atomic E-state index is 0.437. The molecule has 0 aliphatic carbocycles. The molecule has 0 spiro atoms. The molecule has 0 atom stereocenters. The number of benzene rings is 1. The average molecular weight is 302 g/mol. The van der Waals surface area contributed by atoms with Gasteiger partial charge in [-0.1, -0.05) is 12.1 Å². The predicted molar refractivity (Wildman–Crippen MR) is 82.3 cm³/mol. The van der Waals surface area contributed by atoms with Gasteiger partial charge in [-0.25, -0.2) is 0 Å². The molecule has 0 radical (unpaired) electrons. The average Bonchev–Trinajstić information content (AvgIpc) is 2.95. The predicted octanol–water partition coefficient (Wildman–Crippen LogP) is 1.63. The molecule has 0 bridgehead atoms. The van der Waals surface area contributed by atoms with Crippen molar-refractivity contribution in [3.05, 3.63) is 42.2 Å². The van der Waals surface area contributed by atoms with E-state index >= 15 is 0 Å². The number of carbonyl (C=O) groups is 2. The van der Waals surface area contributed by atoms with Crippen molar-refractivity contribution in [3.8, 4) is 0 Å². The molecule has 0 unspecified atom stereocenters. The largest absolute Gasteiger partial charge is 0.380 e. The normalized spacial score (nSPS) is 10.3. The Bertz CT molecular complexity index is 666. The van der Waals surface area contributed by atoms with Crippen LogP contribution in [0.3, 0.4) is 0 Å². The van der Waals surface area contributed by atoms with Gasteiger partial charge in [0.15, 0.2) is 0 Å². The lowest BCUT2D eigenvalue weighted by atomic mass is 10.2.